The van der Waals surface area contributed by atoms with Crippen LogP contribution in [-0.4, -0.2) is 27.8 Å². The van der Waals surface area contributed by atoms with Crippen molar-refractivity contribution in [3.63, 3.8) is 0 Å². The van der Waals surface area contributed by atoms with Gasteiger partial charge in [0.05, 0.1) is 12.1 Å². The van der Waals surface area contributed by atoms with Crippen molar-refractivity contribution in [1.29, 1.82) is 0 Å². The number of aryl methyl sites for hydroxylation is 1. The van der Waals surface area contributed by atoms with Crippen LogP contribution in [0.25, 0.3) is 0 Å². The fourth-order valence-electron chi connectivity index (χ4n) is 2.88. The third kappa shape index (κ3) is 5.56. The number of aromatic nitrogens is 3. The van der Waals surface area contributed by atoms with E-state index in [1.54, 1.807) is 7.05 Å². The number of nitrogens with one attached hydrogen (secondary N) is 2. The molecule has 10 heteroatoms. The molecule has 2 N–H and O–H groups in total. The first-order valence-corrected chi connectivity index (χ1v) is 8.49. The third-order valence-corrected chi connectivity index (χ3v) is 4.31. The Kier molecular flexibility index (Phi) is 7.45. The van der Waals surface area contributed by atoms with Crippen molar-refractivity contribution in [2.24, 2.45) is 4.99 Å². The molecule has 2 heterocycles. The Morgan fingerprint density at radius 2 is 1.81 bits per heavy atom. The fraction of sp³-hybridized carbons (Fsp3) is 0.471. The molecule has 0 spiro atoms. The summed E-state index contributed by atoms with van der Waals surface area (Å²) in [5, 5.41) is 14.7. The molecule has 1 aliphatic rings. The van der Waals surface area contributed by atoms with Crippen molar-refractivity contribution in [2.75, 3.05) is 7.05 Å². The number of alkyl halides is 3. The molecule has 0 unspecified atom stereocenters. The Morgan fingerprint density at radius 3 is 2.48 bits per heavy atom. The van der Waals surface area contributed by atoms with E-state index in [1.807, 2.05) is 0 Å². The number of benzene rings is 1. The predicted octanol–water partition coefficient (Wildman–Crippen LogP) is 3.12. The average Bonchev–Trinajstić information content (AvgIpc) is 3.05. The van der Waals surface area contributed by atoms with E-state index in [-0.39, 0.29) is 24.0 Å². The minimum atomic E-state index is -4.32. The van der Waals surface area contributed by atoms with Gasteiger partial charge in [-0.15, -0.1) is 34.2 Å². The summed E-state index contributed by atoms with van der Waals surface area (Å²) in [5.74, 6) is 2.43. The molecule has 1 aromatic heterocycles. The number of nitrogens with zero attached hydrogens (tertiary/aromatic N) is 4. The molecule has 6 nitrogen and oxygen atoms in total. The van der Waals surface area contributed by atoms with Gasteiger partial charge < -0.3 is 15.2 Å². The second-order valence-electron chi connectivity index (χ2n) is 6.12. The second kappa shape index (κ2) is 9.38. The Balaban J connectivity index is 0.00000261. The normalized spacial score (nSPS) is 14.3. The lowest BCUT2D eigenvalue weighted by Gasteiger charge is -2.16. The molecule has 0 aliphatic carbocycles. The summed E-state index contributed by atoms with van der Waals surface area (Å²) < 4.78 is 39.9. The van der Waals surface area contributed by atoms with E-state index in [9.17, 15) is 13.2 Å². The van der Waals surface area contributed by atoms with Crippen LogP contribution in [0.1, 0.15) is 35.6 Å². The van der Waals surface area contributed by atoms with Crippen LogP contribution in [0.5, 0.6) is 0 Å². The Morgan fingerprint density at radius 1 is 1.11 bits per heavy atom. The van der Waals surface area contributed by atoms with Crippen LogP contribution in [0.15, 0.2) is 29.3 Å². The number of fused-ring (bicyclic) bond motifs is 1. The molecule has 0 amide bonds. The van der Waals surface area contributed by atoms with E-state index in [1.165, 1.54) is 12.1 Å². The van der Waals surface area contributed by atoms with Crippen LogP contribution in [-0.2, 0) is 32.2 Å². The largest absolute Gasteiger partial charge is 0.416 e. The van der Waals surface area contributed by atoms with Gasteiger partial charge in [0, 0.05) is 26.6 Å². The van der Waals surface area contributed by atoms with Gasteiger partial charge in [-0.2, -0.15) is 13.2 Å². The summed E-state index contributed by atoms with van der Waals surface area (Å²) in [6.07, 6.45) is -1.10. The molecule has 3 rings (SSSR count). The van der Waals surface area contributed by atoms with Crippen molar-refractivity contribution < 1.29 is 13.2 Å². The molecular formula is C17H22F3IN6. The SMILES string of the molecule is CN=C(NCc1ccc(C(F)(F)F)cc1)NCc1nnc2n1CCCC2.I. The standard InChI is InChI=1S/C17H21F3N6.HI/c1-21-16(22-10-12-5-7-13(8-6-12)17(18,19)20)23-11-15-25-24-14-4-2-3-9-26(14)15;/h5-8H,2-4,9-11H2,1H3,(H2,21,22,23);1H. The summed E-state index contributed by atoms with van der Waals surface area (Å²) in [7, 11) is 1.64. The van der Waals surface area contributed by atoms with Crippen LogP contribution in [0.2, 0.25) is 0 Å². The van der Waals surface area contributed by atoms with E-state index in [0.717, 1.165) is 55.2 Å². The lowest BCUT2D eigenvalue weighted by atomic mass is 10.1. The van der Waals surface area contributed by atoms with Crippen molar-refractivity contribution >= 4 is 29.9 Å². The zero-order chi connectivity index (χ0) is 18.6. The Labute approximate surface area is 172 Å². The molecule has 0 saturated heterocycles. The smallest absolute Gasteiger partial charge is 0.352 e. The fourth-order valence-corrected chi connectivity index (χ4v) is 2.88. The number of hydrogen-bond acceptors (Lipinski definition) is 3. The molecule has 27 heavy (non-hydrogen) atoms. The lowest BCUT2D eigenvalue weighted by molar-refractivity contribution is -0.137. The highest BCUT2D eigenvalue weighted by Gasteiger charge is 2.29. The van der Waals surface area contributed by atoms with Gasteiger partial charge in [0.25, 0.3) is 0 Å². The molecule has 2 aromatic rings. The summed E-state index contributed by atoms with van der Waals surface area (Å²) in [5.41, 5.74) is 0.0844. The van der Waals surface area contributed by atoms with Gasteiger partial charge in [-0.1, -0.05) is 12.1 Å². The molecule has 0 saturated carbocycles. The molecule has 1 aromatic carbocycles. The van der Waals surface area contributed by atoms with E-state index in [4.69, 9.17) is 0 Å². The number of rotatable bonds is 4. The maximum absolute atomic E-state index is 12.6. The van der Waals surface area contributed by atoms with Crippen molar-refractivity contribution in [1.82, 2.24) is 25.4 Å². The first-order valence-electron chi connectivity index (χ1n) is 8.49. The van der Waals surface area contributed by atoms with Gasteiger partial charge in [0.1, 0.15) is 5.82 Å². The van der Waals surface area contributed by atoms with E-state index in [2.05, 4.69) is 30.4 Å². The van der Waals surface area contributed by atoms with E-state index >= 15 is 0 Å². The van der Waals surface area contributed by atoms with Gasteiger partial charge >= 0.3 is 6.18 Å². The van der Waals surface area contributed by atoms with Crippen molar-refractivity contribution in [3.8, 4) is 0 Å². The molecule has 148 valence electrons. The van der Waals surface area contributed by atoms with Crippen LogP contribution in [0, 0.1) is 0 Å². The Bertz CT molecular complexity index is 770. The molecule has 0 radical (unpaired) electrons. The van der Waals surface area contributed by atoms with Gasteiger partial charge in [-0.05, 0) is 30.5 Å². The predicted molar refractivity (Wildman–Crippen MR) is 107 cm³/mol. The van der Waals surface area contributed by atoms with Crippen LogP contribution < -0.4 is 10.6 Å². The molecule has 0 atom stereocenters. The van der Waals surface area contributed by atoms with E-state index < -0.39 is 11.7 Å². The highest BCUT2D eigenvalue weighted by atomic mass is 127. The third-order valence-electron chi connectivity index (χ3n) is 4.31. The van der Waals surface area contributed by atoms with E-state index in [0.29, 0.717) is 19.0 Å². The number of aliphatic imine (C=N–C) groups is 1. The zero-order valence-electron chi connectivity index (χ0n) is 14.9. The number of guanidine groups is 1. The van der Waals surface area contributed by atoms with Gasteiger partial charge in [0.2, 0.25) is 0 Å². The number of halogens is 4. The molecular weight excluding hydrogens is 472 g/mol. The molecule has 1 aliphatic heterocycles. The highest BCUT2D eigenvalue weighted by Crippen LogP contribution is 2.29. The lowest BCUT2D eigenvalue weighted by Crippen LogP contribution is -2.37. The summed E-state index contributed by atoms with van der Waals surface area (Å²) in [4.78, 5) is 4.13. The molecule has 0 fully saturated rings. The summed E-state index contributed by atoms with van der Waals surface area (Å²) in [6.45, 7) is 1.78. The maximum Gasteiger partial charge on any atom is 0.416 e. The summed E-state index contributed by atoms with van der Waals surface area (Å²) >= 11 is 0. The quantitative estimate of drug-likeness (QED) is 0.390. The number of hydrogen-bond donors (Lipinski definition) is 2. The molecule has 0 bridgehead atoms. The van der Waals surface area contributed by atoms with Gasteiger partial charge in [-0.25, -0.2) is 0 Å². The van der Waals surface area contributed by atoms with Crippen LogP contribution in [0.3, 0.4) is 0 Å². The Hall–Kier alpha value is -1.85. The first-order chi connectivity index (χ1) is 12.5. The second-order valence-corrected chi connectivity index (χ2v) is 6.12. The minimum Gasteiger partial charge on any atom is -0.352 e. The zero-order valence-corrected chi connectivity index (χ0v) is 17.2. The monoisotopic (exact) mass is 494 g/mol. The van der Waals surface area contributed by atoms with Crippen molar-refractivity contribution in [2.45, 2.75) is 45.1 Å². The highest BCUT2D eigenvalue weighted by molar-refractivity contribution is 14.0. The first kappa shape index (κ1) is 21.5. The maximum atomic E-state index is 12.6. The van der Waals surface area contributed by atoms with Crippen molar-refractivity contribution in [3.05, 3.63) is 47.0 Å². The van der Waals surface area contributed by atoms with Crippen LogP contribution >= 0.6 is 24.0 Å². The minimum absolute atomic E-state index is 0. The topological polar surface area (TPSA) is 67.1 Å². The van der Waals surface area contributed by atoms with Gasteiger partial charge in [-0.3, -0.25) is 4.99 Å². The average molecular weight is 494 g/mol. The van der Waals surface area contributed by atoms with Crippen LogP contribution in [0.4, 0.5) is 13.2 Å². The van der Waals surface area contributed by atoms with Gasteiger partial charge in [0.15, 0.2) is 11.8 Å². The summed E-state index contributed by atoms with van der Waals surface area (Å²) in [6, 6.07) is 5.07.